The molecule has 1 heterocycles. The molecule has 0 aromatic heterocycles. The average molecular weight is 236 g/mol. The van der Waals surface area contributed by atoms with Gasteiger partial charge in [-0.3, -0.25) is 4.79 Å². The second-order valence-electron chi connectivity index (χ2n) is 4.06. The molecule has 0 bridgehead atoms. The Morgan fingerprint density at radius 3 is 2.94 bits per heavy atom. The van der Waals surface area contributed by atoms with E-state index in [0.717, 1.165) is 5.56 Å². The number of hydrogen-bond acceptors (Lipinski definition) is 4. The van der Waals surface area contributed by atoms with Gasteiger partial charge in [-0.2, -0.15) is 0 Å². The maximum Gasteiger partial charge on any atom is 0.250 e. The highest BCUT2D eigenvalue weighted by atomic mass is 16.6. The van der Waals surface area contributed by atoms with Crippen molar-refractivity contribution >= 4 is 17.3 Å². The molecular formula is C12H16N2O3. The summed E-state index contributed by atoms with van der Waals surface area (Å²) in [5, 5.41) is 2.75. The first-order chi connectivity index (χ1) is 8.16. The van der Waals surface area contributed by atoms with E-state index in [0.29, 0.717) is 24.6 Å². The lowest BCUT2D eigenvalue weighted by Crippen LogP contribution is -2.38. The fourth-order valence-corrected chi connectivity index (χ4v) is 1.54. The summed E-state index contributed by atoms with van der Waals surface area (Å²) >= 11 is 0. The molecule has 1 aromatic carbocycles. The molecule has 3 N–H and O–H groups in total. The number of amides is 1. The van der Waals surface area contributed by atoms with Gasteiger partial charge in [-0.15, -0.1) is 0 Å². The van der Waals surface area contributed by atoms with Crippen LogP contribution in [-0.4, -0.2) is 31.8 Å². The Morgan fingerprint density at radius 2 is 2.35 bits per heavy atom. The van der Waals surface area contributed by atoms with Crippen molar-refractivity contribution in [3.05, 3.63) is 23.8 Å². The summed E-state index contributed by atoms with van der Waals surface area (Å²) in [5.74, 6) is -0.196. The molecule has 1 aromatic rings. The zero-order chi connectivity index (χ0) is 12.3. The first-order valence-electron chi connectivity index (χ1n) is 5.51. The Hall–Kier alpha value is -1.59. The molecule has 2 rings (SSSR count). The highest BCUT2D eigenvalue weighted by Gasteiger charge is 2.20. The number of ether oxygens (including phenoxy) is 2. The number of rotatable bonds is 4. The van der Waals surface area contributed by atoms with Crippen molar-refractivity contribution in [1.29, 1.82) is 0 Å². The monoisotopic (exact) mass is 236 g/mol. The summed E-state index contributed by atoms with van der Waals surface area (Å²) in [6, 6.07) is 5.50. The zero-order valence-electron chi connectivity index (χ0n) is 9.73. The van der Waals surface area contributed by atoms with Crippen LogP contribution in [0, 0.1) is 6.92 Å². The predicted octanol–water partition coefficient (Wildman–Crippen LogP) is 0.931. The lowest BCUT2D eigenvalue weighted by atomic mass is 10.1. The molecule has 5 heteroatoms. The van der Waals surface area contributed by atoms with Crippen molar-refractivity contribution in [2.24, 2.45) is 0 Å². The third-order valence-electron chi connectivity index (χ3n) is 2.63. The largest absolute Gasteiger partial charge is 0.397 e. The number of para-hydroxylation sites is 1. The summed E-state index contributed by atoms with van der Waals surface area (Å²) in [6.07, 6.45) is 0.0509. The van der Waals surface area contributed by atoms with Crippen LogP contribution in [0.15, 0.2) is 18.2 Å². The summed E-state index contributed by atoms with van der Waals surface area (Å²) in [6.45, 7) is 3.06. The van der Waals surface area contributed by atoms with Crippen LogP contribution in [0.4, 0.5) is 11.4 Å². The second kappa shape index (κ2) is 5.16. The van der Waals surface area contributed by atoms with Crippen LogP contribution in [0.1, 0.15) is 5.56 Å². The smallest absolute Gasteiger partial charge is 0.250 e. The van der Waals surface area contributed by atoms with E-state index in [-0.39, 0.29) is 18.6 Å². The second-order valence-corrected chi connectivity index (χ2v) is 4.06. The van der Waals surface area contributed by atoms with Gasteiger partial charge in [0.15, 0.2) is 0 Å². The van der Waals surface area contributed by atoms with Gasteiger partial charge in [-0.1, -0.05) is 12.1 Å². The number of hydrogen-bond donors (Lipinski definition) is 2. The van der Waals surface area contributed by atoms with E-state index in [1.807, 2.05) is 19.1 Å². The number of carbonyl (C=O) groups excluding carboxylic acids is 1. The molecule has 0 atom stereocenters. The number of nitrogens with one attached hydrogen (secondary N) is 1. The van der Waals surface area contributed by atoms with E-state index in [2.05, 4.69) is 5.32 Å². The number of benzene rings is 1. The van der Waals surface area contributed by atoms with Gasteiger partial charge in [-0.25, -0.2) is 0 Å². The molecule has 0 spiro atoms. The van der Waals surface area contributed by atoms with Crippen molar-refractivity contribution in [2.75, 3.05) is 30.9 Å². The van der Waals surface area contributed by atoms with E-state index in [1.54, 1.807) is 6.07 Å². The fourth-order valence-electron chi connectivity index (χ4n) is 1.54. The van der Waals surface area contributed by atoms with Gasteiger partial charge in [0, 0.05) is 0 Å². The average Bonchev–Trinajstić information content (AvgIpc) is 2.21. The maximum absolute atomic E-state index is 11.6. The number of anilines is 2. The number of aryl methyl sites for hydroxylation is 1. The number of carbonyl (C=O) groups is 1. The topological polar surface area (TPSA) is 73.6 Å². The first-order valence-corrected chi connectivity index (χ1v) is 5.51. The quantitative estimate of drug-likeness (QED) is 0.763. The highest BCUT2D eigenvalue weighted by Crippen LogP contribution is 2.22. The van der Waals surface area contributed by atoms with Gasteiger partial charge in [0.05, 0.1) is 24.6 Å². The molecule has 1 aliphatic rings. The Labute approximate surface area is 99.9 Å². The summed E-state index contributed by atoms with van der Waals surface area (Å²) < 4.78 is 10.3. The van der Waals surface area contributed by atoms with E-state index < -0.39 is 0 Å². The van der Waals surface area contributed by atoms with Gasteiger partial charge in [-0.05, 0) is 18.6 Å². The van der Waals surface area contributed by atoms with Crippen LogP contribution in [0.5, 0.6) is 0 Å². The SMILES string of the molecule is Cc1cccc(N)c1NC(=O)COC1COC1. The lowest BCUT2D eigenvalue weighted by molar-refractivity contribution is -0.144. The van der Waals surface area contributed by atoms with Crippen molar-refractivity contribution in [3.63, 3.8) is 0 Å². The van der Waals surface area contributed by atoms with Gasteiger partial charge < -0.3 is 20.5 Å². The third kappa shape index (κ3) is 2.95. The van der Waals surface area contributed by atoms with Crippen LogP contribution >= 0.6 is 0 Å². The van der Waals surface area contributed by atoms with E-state index in [9.17, 15) is 4.79 Å². The van der Waals surface area contributed by atoms with Crippen LogP contribution in [0.25, 0.3) is 0 Å². The van der Waals surface area contributed by atoms with Crippen LogP contribution in [-0.2, 0) is 14.3 Å². The Kier molecular flexibility index (Phi) is 3.61. The Bertz CT molecular complexity index is 396. The molecule has 0 radical (unpaired) electrons. The minimum Gasteiger partial charge on any atom is -0.397 e. The summed E-state index contributed by atoms with van der Waals surface area (Å²) in [5.41, 5.74) is 7.94. The van der Waals surface area contributed by atoms with E-state index in [1.165, 1.54) is 0 Å². The van der Waals surface area contributed by atoms with E-state index >= 15 is 0 Å². The van der Waals surface area contributed by atoms with Crippen molar-refractivity contribution in [2.45, 2.75) is 13.0 Å². The number of nitrogens with two attached hydrogens (primary N) is 1. The number of nitrogen functional groups attached to an aromatic ring is 1. The highest BCUT2D eigenvalue weighted by molar-refractivity contribution is 5.95. The molecular weight excluding hydrogens is 220 g/mol. The van der Waals surface area contributed by atoms with Crippen LogP contribution in [0.3, 0.4) is 0 Å². The molecule has 0 aliphatic carbocycles. The summed E-state index contributed by atoms with van der Waals surface area (Å²) in [7, 11) is 0. The van der Waals surface area contributed by atoms with Gasteiger partial charge in [0.25, 0.3) is 0 Å². The molecule has 1 aliphatic heterocycles. The summed E-state index contributed by atoms with van der Waals surface area (Å²) in [4.78, 5) is 11.6. The molecule has 17 heavy (non-hydrogen) atoms. The van der Waals surface area contributed by atoms with Crippen LogP contribution < -0.4 is 11.1 Å². The first kappa shape index (κ1) is 11.9. The standard InChI is InChI=1S/C12H16N2O3/c1-8-3-2-4-10(13)12(8)14-11(15)7-17-9-5-16-6-9/h2-4,9H,5-7,13H2,1H3,(H,14,15). The fraction of sp³-hybridized carbons (Fsp3) is 0.417. The Balaban J connectivity index is 1.88. The van der Waals surface area contributed by atoms with Crippen molar-refractivity contribution in [3.8, 4) is 0 Å². The van der Waals surface area contributed by atoms with Crippen molar-refractivity contribution in [1.82, 2.24) is 0 Å². The zero-order valence-corrected chi connectivity index (χ0v) is 9.73. The third-order valence-corrected chi connectivity index (χ3v) is 2.63. The van der Waals surface area contributed by atoms with Gasteiger partial charge >= 0.3 is 0 Å². The Morgan fingerprint density at radius 1 is 1.59 bits per heavy atom. The van der Waals surface area contributed by atoms with Crippen molar-refractivity contribution < 1.29 is 14.3 Å². The minimum atomic E-state index is -0.196. The molecule has 1 saturated heterocycles. The van der Waals surface area contributed by atoms with E-state index in [4.69, 9.17) is 15.2 Å². The molecule has 0 unspecified atom stereocenters. The van der Waals surface area contributed by atoms with Crippen LogP contribution in [0.2, 0.25) is 0 Å². The van der Waals surface area contributed by atoms with Gasteiger partial charge in [0.1, 0.15) is 12.7 Å². The molecule has 92 valence electrons. The minimum absolute atomic E-state index is 0.0296. The predicted molar refractivity (Wildman–Crippen MR) is 64.8 cm³/mol. The molecule has 1 fully saturated rings. The molecule has 1 amide bonds. The maximum atomic E-state index is 11.6. The lowest BCUT2D eigenvalue weighted by Gasteiger charge is -2.25. The normalized spacial score (nSPS) is 15.4. The van der Waals surface area contributed by atoms with Gasteiger partial charge in [0.2, 0.25) is 5.91 Å². The molecule has 5 nitrogen and oxygen atoms in total. The molecule has 0 saturated carbocycles.